The second kappa shape index (κ2) is 3.68. The molecule has 20 heavy (non-hydrogen) atoms. The van der Waals surface area contributed by atoms with E-state index in [9.17, 15) is 4.79 Å². The molecule has 1 saturated heterocycles. The van der Waals surface area contributed by atoms with Gasteiger partial charge in [-0.2, -0.15) is 0 Å². The molecule has 4 rings (SSSR count). The van der Waals surface area contributed by atoms with Crippen LogP contribution >= 0.6 is 0 Å². The molecule has 2 bridgehead atoms. The van der Waals surface area contributed by atoms with Gasteiger partial charge in [-0.05, 0) is 50.8 Å². The van der Waals surface area contributed by atoms with Gasteiger partial charge in [-0.25, -0.2) is 4.79 Å². The Labute approximate surface area is 119 Å². The summed E-state index contributed by atoms with van der Waals surface area (Å²) in [5.74, 6) is 0.928. The second-order valence-electron chi connectivity index (χ2n) is 6.56. The van der Waals surface area contributed by atoms with E-state index in [-0.39, 0.29) is 12.1 Å². The van der Waals surface area contributed by atoms with E-state index in [1.165, 1.54) is 11.1 Å². The number of hydrogen-bond acceptors (Lipinski definition) is 2. The van der Waals surface area contributed by atoms with Crippen molar-refractivity contribution in [1.82, 2.24) is 10.2 Å². The molecule has 2 amide bonds. The fourth-order valence-corrected chi connectivity index (χ4v) is 3.53. The van der Waals surface area contributed by atoms with Crippen LogP contribution in [0.5, 0.6) is 5.75 Å². The van der Waals surface area contributed by atoms with E-state index in [1.807, 2.05) is 4.90 Å². The van der Waals surface area contributed by atoms with Gasteiger partial charge in [0.15, 0.2) is 5.72 Å². The molecule has 2 heterocycles. The highest BCUT2D eigenvalue weighted by Gasteiger charge is 2.53. The van der Waals surface area contributed by atoms with Gasteiger partial charge in [0.25, 0.3) is 0 Å². The number of fused-ring (bicyclic) bond motifs is 4. The van der Waals surface area contributed by atoms with Crippen LogP contribution < -0.4 is 10.1 Å². The molecule has 106 valence electrons. The molecule has 1 aliphatic carbocycles. The van der Waals surface area contributed by atoms with E-state index in [4.69, 9.17) is 4.74 Å². The van der Waals surface area contributed by atoms with Crippen molar-refractivity contribution in [3.05, 3.63) is 28.8 Å². The molecule has 4 heteroatoms. The average molecular weight is 272 g/mol. The number of carbonyl (C=O) groups is 1. The second-order valence-corrected chi connectivity index (χ2v) is 6.56. The number of urea groups is 1. The van der Waals surface area contributed by atoms with Gasteiger partial charge >= 0.3 is 6.03 Å². The smallest absolute Gasteiger partial charge is 0.321 e. The van der Waals surface area contributed by atoms with Crippen molar-refractivity contribution < 1.29 is 9.53 Å². The zero-order valence-electron chi connectivity index (χ0n) is 12.2. The third kappa shape index (κ3) is 1.57. The average Bonchev–Trinajstić information content (AvgIpc) is 3.15. The summed E-state index contributed by atoms with van der Waals surface area (Å²) in [5, 5.41) is 3.15. The van der Waals surface area contributed by atoms with Crippen LogP contribution in [0.25, 0.3) is 0 Å². The Bertz CT molecular complexity index is 609. The minimum Gasteiger partial charge on any atom is -0.468 e. The molecule has 1 N–H and O–H groups in total. The van der Waals surface area contributed by atoms with E-state index < -0.39 is 5.72 Å². The number of nitrogens with zero attached hydrogens (tertiary/aromatic N) is 1. The Morgan fingerprint density at radius 1 is 1.30 bits per heavy atom. The lowest BCUT2D eigenvalue weighted by Gasteiger charge is -2.51. The molecule has 2 aliphatic heterocycles. The number of nitrogens with one attached hydrogen (secondary N) is 1. The van der Waals surface area contributed by atoms with Gasteiger partial charge in [-0.15, -0.1) is 0 Å². The van der Waals surface area contributed by atoms with Crippen LogP contribution in [0.1, 0.15) is 48.9 Å². The Morgan fingerprint density at radius 2 is 2.00 bits per heavy atom. The zero-order chi connectivity index (χ0) is 14.1. The first-order valence-corrected chi connectivity index (χ1v) is 7.38. The van der Waals surface area contributed by atoms with Crippen LogP contribution in [-0.4, -0.2) is 22.7 Å². The van der Waals surface area contributed by atoms with E-state index in [0.717, 1.165) is 30.6 Å². The first-order chi connectivity index (χ1) is 9.48. The fourth-order valence-electron chi connectivity index (χ4n) is 3.53. The largest absolute Gasteiger partial charge is 0.468 e. The van der Waals surface area contributed by atoms with Gasteiger partial charge in [-0.3, -0.25) is 4.90 Å². The van der Waals surface area contributed by atoms with Gasteiger partial charge in [0.2, 0.25) is 0 Å². The number of hydrogen-bond donors (Lipinski definition) is 1. The summed E-state index contributed by atoms with van der Waals surface area (Å²) in [4.78, 5) is 14.3. The molecular formula is C16H20N2O2. The van der Waals surface area contributed by atoms with Crippen LogP contribution in [0.2, 0.25) is 0 Å². The van der Waals surface area contributed by atoms with Crippen molar-refractivity contribution in [2.75, 3.05) is 0 Å². The van der Waals surface area contributed by atoms with Crippen molar-refractivity contribution in [2.45, 2.75) is 57.8 Å². The number of rotatable bonds is 1. The molecular weight excluding hydrogens is 252 g/mol. The molecule has 2 fully saturated rings. The number of ether oxygens (including phenoxy) is 1. The molecule has 4 nitrogen and oxygen atoms in total. The first kappa shape index (κ1) is 12.1. The van der Waals surface area contributed by atoms with Gasteiger partial charge in [0.1, 0.15) is 5.75 Å². The molecule has 0 aromatic heterocycles. The van der Waals surface area contributed by atoms with Crippen molar-refractivity contribution in [1.29, 1.82) is 0 Å². The van der Waals surface area contributed by atoms with Crippen LogP contribution in [0.15, 0.2) is 12.1 Å². The fraction of sp³-hybridized carbons (Fsp3) is 0.562. The molecule has 1 aromatic carbocycles. The molecule has 3 aliphatic rings. The van der Waals surface area contributed by atoms with Crippen LogP contribution in [0.3, 0.4) is 0 Å². The Balaban J connectivity index is 1.81. The summed E-state index contributed by atoms with van der Waals surface area (Å²) in [6.07, 6.45) is 3.01. The monoisotopic (exact) mass is 272 g/mol. The lowest BCUT2D eigenvalue weighted by molar-refractivity contribution is -0.0878. The minimum absolute atomic E-state index is 0.0233. The van der Waals surface area contributed by atoms with E-state index in [2.05, 4.69) is 38.2 Å². The minimum atomic E-state index is -0.497. The molecule has 1 aromatic rings. The summed E-state index contributed by atoms with van der Waals surface area (Å²) < 4.78 is 6.28. The normalized spacial score (nSPS) is 31.4. The molecule has 2 unspecified atom stereocenters. The number of carbonyl (C=O) groups excluding carboxylic acids is 1. The predicted molar refractivity (Wildman–Crippen MR) is 75.7 cm³/mol. The van der Waals surface area contributed by atoms with Crippen molar-refractivity contribution in [3.8, 4) is 5.75 Å². The number of amides is 2. The highest BCUT2D eigenvalue weighted by molar-refractivity contribution is 5.78. The van der Waals surface area contributed by atoms with Gasteiger partial charge in [0, 0.05) is 18.0 Å². The standard InChI is InChI=1S/C16H20N2O2/c1-9-6-12-13-8-16(3,20-14(12)7-10(9)2)18(11-4-5-11)15(19)17-13/h6-7,11,13H,4-5,8H2,1-3H3,(H,17,19). The van der Waals surface area contributed by atoms with Crippen molar-refractivity contribution in [2.24, 2.45) is 0 Å². The summed E-state index contributed by atoms with van der Waals surface area (Å²) in [6.45, 7) is 6.25. The number of aryl methyl sites for hydroxylation is 2. The molecule has 0 spiro atoms. The first-order valence-electron chi connectivity index (χ1n) is 7.38. The summed E-state index contributed by atoms with van der Waals surface area (Å²) in [7, 11) is 0. The quantitative estimate of drug-likeness (QED) is 0.853. The van der Waals surface area contributed by atoms with Crippen LogP contribution in [-0.2, 0) is 0 Å². The van der Waals surface area contributed by atoms with E-state index in [0.29, 0.717) is 6.04 Å². The lowest BCUT2D eigenvalue weighted by Crippen LogP contribution is -2.65. The maximum atomic E-state index is 12.4. The molecule has 0 radical (unpaired) electrons. The van der Waals surface area contributed by atoms with Gasteiger partial charge in [-0.1, -0.05) is 6.07 Å². The highest BCUT2D eigenvalue weighted by Crippen LogP contribution is 2.47. The summed E-state index contributed by atoms with van der Waals surface area (Å²) >= 11 is 0. The van der Waals surface area contributed by atoms with E-state index in [1.54, 1.807) is 0 Å². The third-order valence-electron chi connectivity index (χ3n) is 4.85. The zero-order valence-corrected chi connectivity index (χ0v) is 12.2. The summed E-state index contributed by atoms with van der Waals surface area (Å²) in [6, 6.07) is 4.72. The van der Waals surface area contributed by atoms with Crippen LogP contribution in [0.4, 0.5) is 4.79 Å². The molecule has 1 saturated carbocycles. The Hall–Kier alpha value is -1.71. The highest BCUT2D eigenvalue weighted by atomic mass is 16.5. The number of benzene rings is 1. The topological polar surface area (TPSA) is 41.6 Å². The predicted octanol–water partition coefficient (Wildman–Crippen LogP) is 3.03. The van der Waals surface area contributed by atoms with Gasteiger partial charge < -0.3 is 10.1 Å². The SMILES string of the molecule is Cc1cc2c(cc1C)C1CC(C)(O2)N(C2CC2)C(=O)N1. The molecule has 2 atom stereocenters. The van der Waals surface area contributed by atoms with Crippen LogP contribution in [0, 0.1) is 13.8 Å². The third-order valence-corrected chi connectivity index (χ3v) is 4.85. The Kier molecular flexibility index (Phi) is 2.22. The van der Waals surface area contributed by atoms with E-state index >= 15 is 0 Å². The summed E-state index contributed by atoms with van der Waals surface area (Å²) in [5.41, 5.74) is 3.10. The van der Waals surface area contributed by atoms with Gasteiger partial charge in [0.05, 0.1) is 6.04 Å². The lowest BCUT2D eigenvalue weighted by atomic mass is 9.88. The van der Waals surface area contributed by atoms with Crippen molar-refractivity contribution in [3.63, 3.8) is 0 Å². The van der Waals surface area contributed by atoms with Crippen molar-refractivity contribution >= 4 is 6.03 Å². The maximum absolute atomic E-state index is 12.4. The maximum Gasteiger partial charge on any atom is 0.321 e. The Morgan fingerprint density at radius 3 is 2.70 bits per heavy atom.